The Morgan fingerprint density at radius 3 is 2.58 bits per heavy atom. The largest absolute Gasteiger partial charge is 0.435 e. The van der Waals surface area contributed by atoms with Crippen LogP contribution in [0.25, 0.3) is 0 Å². The van der Waals surface area contributed by atoms with E-state index in [0.717, 1.165) is 10.7 Å². The second kappa shape index (κ2) is 3.35. The second-order valence-electron chi connectivity index (χ2n) is 2.15. The van der Waals surface area contributed by atoms with Crippen LogP contribution in [-0.4, -0.2) is 15.7 Å². The van der Waals surface area contributed by atoms with Crippen LogP contribution in [0.1, 0.15) is 5.69 Å². The highest BCUT2D eigenvalue weighted by Gasteiger charge is 2.33. The van der Waals surface area contributed by atoms with Gasteiger partial charge >= 0.3 is 6.18 Å². The van der Waals surface area contributed by atoms with Gasteiger partial charge in [0.25, 0.3) is 0 Å². The van der Waals surface area contributed by atoms with Gasteiger partial charge < -0.3 is 0 Å². The van der Waals surface area contributed by atoms with Crippen molar-refractivity contribution in [2.24, 2.45) is 0 Å². The normalized spacial score (nSPS) is 12.0. The summed E-state index contributed by atoms with van der Waals surface area (Å²) in [6.07, 6.45) is -3.11. The van der Waals surface area contributed by atoms with Crippen molar-refractivity contribution < 1.29 is 13.2 Å². The number of nitrogens with zero attached hydrogens (tertiary/aromatic N) is 2. The van der Waals surface area contributed by atoms with Gasteiger partial charge in [0.15, 0.2) is 5.69 Å². The Labute approximate surface area is 71.9 Å². The van der Waals surface area contributed by atoms with E-state index >= 15 is 0 Å². The lowest BCUT2D eigenvalue weighted by Crippen LogP contribution is -2.08. The molecule has 0 aliphatic heterocycles. The molecular weight excluding hydrogens is 193 g/mol. The highest BCUT2D eigenvalue weighted by molar-refractivity contribution is 6.17. The summed E-state index contributed by atoms with van der Waals surface area (Å²) < 4.78 is 37.0. The number of hydrogen-bond acceptors (Lipinski definition) is 1. The van der Waals surface area contributed by atoms with E-state index in [1.807, 2.05) is 0 Å². The van der Waals surface area contributed by atoms with Gasteiger partial charge in [-0.3, -0.25) is 4.68 Å². The fraction of sp³-hybridized carbons (Fsp3) is 0.500. The Kier molecular flexibility index (Phi) is 2.62. The van der Waals surface area contributed by atoms with Gasteiger partial charge in [0.05, 0.1) is 6.54 Å². The van der Waals surface area contributed by atoms with Crippen molar-refractivity contribution in [3.63, 3.8) is 0 Å². The SMILES string of the molecule is FC(F)(F)c1ccn(CCCl)n1. The molecule has 0 saturated carbocycles. The zero-order valence-electron chi connectivity index (χ0n) is 5.98. The van der Waals surface area contributed by atoms with E-state index in [1.165, 1.54) is 6.20 Å². The Balaban J connectivity index is 2.77. The minimum Gasteiger partial charge on any atom is -0.271 e. The first-order valence-electron chi connectivity index (χ1n) is 3.20. The molecule has 1 rings (SSSR count). The third-order valence-corrected chi connectivity index (χ3v) is 1.41. The zero-order valence-corrected chi connectivity index (χ0v) is 6.73. The molecule has 1 aromatic heterocycles. The molecule has 6 heteroatoms. The first-order chi connectivity index (χ1) is 5.54. The van der Waals surface area contributed by atoms with E-state index < -0.39 is 11.9 Å². The molecule has 0 bridgehead atoms. The Morgan fingerprint density at radius 2 is 2.17 bits per heavy atom. The van der Waals surface area contributed by atoms with Gasteiger partial charge in [-0.25, -0.2) is 0 Å². The van der Waals surface area contributed by atoms with Crippen LogP contribution >= 0.6 is 11.6 Å². The summed E-state index contributed by atoms with van der Waals surface area (Å²) >= 11 is 5.32. The summed E-state index contributed by atoms with van der Waals surface area (Å²) in [5.74, 6) is 0.249. The van der Waals surface area contributed by atoms with E-state index in [1.54, 1.807) is 0 Å². The predicted octanol–water partition coefficient (Wildman–Crippen LogP) is 2.14. The minimum absolute atomic E-state index is 0.249. The van der Waals surface area contributed by atoms with Gasteiger partial charge in [0.1, 0.15) is 0 Å². The average molecular weight is 199 g/mol. The summed E-state index contributed by atoms with van der Waals surface area (Å²) in [6.45, 7) is 0.289. The topological polar surface area (TPSA) is 17.8 Å². The van der Waals surface area contributed by atoms with Crippen molar-refractivity contribution >= 4 is 11.6 Å². The van der Waals surface area contributed by atoms with Crippen molar-refractivity contribution in [2.45, 2.75) is 12.7 Å². The highest BCUT2D eigenvalue weighted by Crippen LogP contribution is 2.27. The van der Waals surface area contributed by atoms with Gasteiger partial charge in [-0.2, -0.15) is 18.3 Å². The van der Waals surface area contributed by atoms with Crippen molar-refractivity contribution in [3.05, 3.63) is 18.0 Å². The molecule has 0 spiro atoms. The van der Waals surface area contributed by atoms with Crippen LogP contribution in [-0.2, 0) is 12.7 Å². The summed E-state index contributed by atoms with van der Waals surface area (Å²) in [6, 6.07) is 0.923. The van der Waals surface area contributed by atoms with Crippen LogP contribution in [0.5, 0.6) is 0 Å². The fourth-order valence-corrected chi connectivity index (χ4v) is 0.897. The number of hydrogen-bond donors (Lipinski definition) is 0. The van der Waals surface area contributed by atoms with Crippen molar-refractivity contribution in [2.75, 3.05) is 5.88 Å². The molecule has 0 amide bonds. The maximum Gasteiger partial charge on any atom is 0.435 e. The molecule has 0 unspecified atom stereocenters. The molecule has 2 nitrogen and oxygen atoms in total. The van der Waals surface area contributed by atoms with Crippen LogP contribution in [0.4, 0.5) is 13.2 Å². The first kappa shape index (κ1) is 9.38. The molecule has 0 radical (unpaired) electrons. The monoisotopic (exact) mass is 198 g/mol. The number of alkyl halides is 4. The molecule has 0 saturated heterocycles. The Hall–Kier alpha value is -0.710. The van der Waals surface area contributed by atoms with Gasteiger partial charge in [-0.05, 0) is 6.07 Å². The quantitative estimate of drug-likeness (QED) is 0.666. The zero-order chi connectivity index (χ0) is 9.19. The smallest absolute Gasteiger partial charge is 0.271 e. The van der Waals surface area contributed by atoms with E-state index in [0.29, 0.717) is 0 Å². The number of aromatic nitrogens is 2. The third-order valence-electron chi connectivity index (χ3n) is 1.24. The van der Waals surface area contributed by atoms with E-state index in [-0.39, 0.29) is 12.4 Å². The van der Waals surface area contributed by atoms with E-state index in [2.05, 4.69) is 5.10 Å². The van der Waals surface area contributed by atoms with Crippen molar-refractivity contribution in [1.82, 2.24) is 9.78 Å². The highest BCUT2D eigenvalue weighted by atomic mass is 35.5. The van der Waals surface area contributed by atoms with Crippen molar-refractivity contribution in [1.29, 1.82) is 0 Å². The summed E-state index contributed by atoms with van der Waals surface area (Å²) in [4.78, 5) is 0. The van der Waals surface area contributed by atoms with Crippen LogP contribution in [0.2, 0.25) is 0 Å². The molecule has 0 aliphatic rings. The predicted molar refractivity (Wildman–Crippen MR) is 37.9 cm³/mol. The molecule has 12 heavy (non-hydrogen) atoms. The molecule has 0 atom stereocenters. The molecule has 1 heterocycles. The minimum atomic E-state index is -4.36. The first-order valence-corrected chi connectivity index (χ1v) is 3.74. The Bertz CT molecular complexity index is 256. The number of aryl methyl sites for hydroxylation is 1. The van der Waals surface area contributed by atoms with E-state index in [4.69, 9.17) is 11.6 Å². The lowest BCUT2D eigenvalue weighted by atomic mass is 10.4. The van der Waals surface area contributed by atoms with E-state index in [9.17, 15) is 13.2 Å². The standard InChI is InChI=1S/C6H6ClF3N2/c7-2-4-12-3-1-5(11-12)6(8,9)10/h1,3H,2,4H2. The summed E-state index contributed by atoms with van der Waals surface area (Å²) in [5.41, 5.74) is -0.882. The second-order valence-corrected chi connectivity index (χ2v) is 2.53. The molecule has 1 aromatic rings. The molecule has 0 fully saturated rings. The lowest BCUT2D eigenvalue weighted by molar-refractivity contribution is -0.141. The van der Waals surface area contributed by atoms with Gasteiger partial charge in [-0.15, -0.1) is 11.6 Å². The number of rotatable bonds is 2. The van der Waals surface area contributed by atoms with Gasteiger partial charge in [0.2, 0.25) is 0 Å². The Morgan fingerprint density at radius 1 is 1.50 bits per heavy atom. The average Bonchev–Trinajstić information content (AvgIpc) is 2.35. The van der Waals surface area contributed by atoms with Crippen LogP contribution < -0.4 is 0 Å². The van der Waals surface area contributed by atoms with Crippen LogP contribution in [0, 0.1) is 0 Å². The fourth-order valence-electron chi connectivity index (χ4n) is 0.724. The summed E-state index contributed by atoms with van der Waals surface area (Å²) in [7, 11) is 0. The molecule has 0 aliphatic carbocycles. The molecular formula is C6H6ClF3N2. The summed E-state index contributed by atoms with van der Waals surface area (Å²) in [5, 5.41) is 3.28. The van der Waals surface area contributed by atoms with Crippen LogP contribution in [0.3, 0.4) is 0 Å². The van der Waals surface area contributed by atoms with Crippen molar-refractivity contribution in [3.8, 4) is 0 Å². The maximum absolute atomic E-state index is 11.9. The third kappa shape index (κ3) is 2.14. The molecule has 0 N–H and O–H groups in total. The maximum atomic E-state index is 11.9. The lowest BCUT2D eigenvalue weighted by Gasteiger charge is -2.00. The van der Waals surface area contributed by atoms with Crippen LogP contribution in [0.15, 0.2) is 12.3 Å². The van der Waals surface area contributed by atoms with Gasteiger partial charge in [-0.1, -0.05) is 0 Å². The molecule has 68 valence electrons. The van der Waals surface area contributed by atoms with Gasteiger partial charge in [0, 0.05) is 12.1 Å². The number of halogens is 4. The molecule has 0 aromatic carbocycles.